The molecule has 0 saturated carbocycles. The normalized spacial score (nSPS) is 14.3. The number of carbonyl (C=O) groups is 2. The van der Waals surface area contributed by atoms with E-state index in [-0.39, 0.29) is 11.8 Å². The zero-order valence-electron chi connectivity index (χ0n) is 13.0. The van der Waals surface area contributed by atoms with Crippen LogP contribution in [0.15, 0.2) is 48.7 Å². The van der Waals surface area contributed by atoms with E-state index >= 15 is 0 Å². The molecule has 2 amide bonds. The lowest BCUT2D eigenvalue weighted by molar-refractivity contribution is -0.117. The highest BCUT2D eigenvalue weighted by Crippen LogP contribution is 2.25. The Labute approximate surface area is 138 Å². The molecule has 6 nitrogen and oxygen atoms in total. The molecule has 1 saturated heterocycles. The number of fused-ring (bicyclic) bond motifs is 1. The molecule has 0 aliphatic carbocycles. The molecule has 1 aliphatic heterocycles. The molecule has 4 rings (SSSR count). The Kier molecular flexibility index (Phi) is 3.49. The fourth-order valence-electron chi connectivity index (χ4n) is 3.03. The summed E-state index contributed by atoms with van der Waals surface area (Å²) in [7, 11) is 0. The summed E-state index contributed by atoms with van der Waals surface area (Å²) >= 11 is 0. The van der Waals surface area contributed by atoms with Gasteiger partial charge >= 0.3 is 0 Å². The predicted molar refractivity (Wildman–Crippen MR) is 92.1 cm³/mol. The van der Waals surface area contributed by atoms with Crippen LogP contribution in [0.3, 0.4) is 0 Å². The number of aromatic nitrogens is 2. The third-order valence-electron chi connectivity index (χ3n) is 4.21. The van der Waals surface area contributed by atoms with Crippen molar-refractivity contribution in [2.24, 2.45) is 0 Å². The van der Waals surface area contributed by atoms with Gasteiger partial charge in [-0.15, -0.1) is 0 Å². The first-order valence-electron chi connectivity index (χ1n) is 7.86. The molecule has 2 aromatic carbocycles. The molecule has 1 aromatic heterocycles. The second kappa shape index (κ2) is 5.81. The maximum atomic E-state index is 12.6. The van der Waals surface area contributed by atoms with Crippen molar-refractivity contribution < 1.29 is 9.59 Å². The second-order valence-electron chi connectivity index (χ2n) is 5.79. The molecule has 1 aliphatic rings. The van der Waals surface area contributed by atoms with Gasteiger partial charge in [0.05, 0.1) is 17.3 Å². The number of para-hydroxylation sites is 1. The average Bonchev–Trinajstić information content (AvgIpc) is 3.23. The number of benzene rings is 2. The van der Waals surface area contributed by atoms with Crippen LogP contribution in [0.2, 0.25) is 0 Å². The Morgan fingerprint density at radius 1 is 1.21 bits per heavy atom. The van der Waals surface area contributed by atoms with Gasteiger partial charge in [-0.05, 0) is 30.7 Å². The predicted octanol–water partition coefficient (Wildman–Crippen LogP) is 2.94. The first kappa shape index (κ1) is 14.4. The Balaban J connectivity index is 1.60. The summed E-state index contributed by atoms with van der Waals surface area (Å²) in [5.41, 5.74) is 2.72. The number of hydrogen-bond acceptors (Lipinski definition) is 3. The molecule has 24 heavy (non-hydrogen) atoms. The lowest BCUT2D eigenvalue weighted by Crippen LogP contribution is -2.23. The molecule has 3 aromatic rings. The van der Waals surface area contributed by atoms with E-state index in [9.17, 15) is 9.59 Å². The molecule has 2 heterocycles. The number of rotatable bonds is 3. The van der Waals surface area contributed by atoms with E-state index in [0.717, 1.165) is 24.0 Å². The average molecular weight is 320 g/mol. The lowest BCUT2D eigenvalue weighted by atomic mass is 10.1. The number of nitrogens with one attached hydrogen (secondary N) is 2. The van der Waals surface area contributed by atoms with Crippen molar-refractivity contribution in [1.29, 1.82) is 0 Å². The van der Waals surface area contributed by atoms with Gasteiger partial charge in [-0.2, -0.15) is 5.10 Å². The highest BCUT2D eigenvalue weighted by Gasteiger charge is 2.22. The van der Waals surface area contributed by atoms with Crippen LogP contribution in [0, 0.1) is 0 Å². The number of hydrogen-bond donors (Lipinski definition) is 2. The van der Waals surface area contributed by atoms with Gasteiger partial charge in [0.15, 0.2) is 0 Å². The molecule has 1 fully saturated rings. The number of amides is 2. The van der Waals surface area contributed by atoms with Crippen molar-refractivity contribution in [2.45, 2.75) is 12.8 Å². The third kappa shape index (κ3) is 2.52. The summed E-state index contributed by atoms with van der Waals surface area (Å²) in [6.45, 7) is 0.726. The maximum Gasteiger partial charge on any atom is 0.257 e. The monoisotopic (exact) mass is 320 g/mol. The number of aromatic amines is 1. The fourth-order valence-corrected chi connectivity index (χ4v) is 3.03. The Morgan fingerprint density at radius 3 is 2.92 bits per heavy atom. The minimum Gasteiger partial charge on any atom is -0.322 e. The smallest absolute Gasteiger partial charge is 0.257 e. The summed E-state index contributed by atoms with van der Waals surface area (Å²) in [4.78, 5) is 26.2. The summed E-state index contributed by atoms with van der Waals surface area (Å²) in [6.07, 6.45) is 3.14. The fraction of sp³-hybridized carbons (Fsp3) is 0.167. The minimum atomic E-state index is -0.213. The van der Waals surface area contributed by atoms with Crippen LogP contribution in [0.25, 0.3) is 10.9 Å². The summed E-state index contributed by atoms with van der Waals surface area (Å²) in [6, 6.07) is 12.8. The number of nitrogens with zero attached hydrogens (tertiary/aromatic N) is 2. The van der Waals surface area contributed by atoms with Gasteiger partial charge in [-0.3, -0.25) is 14.7 Å². The topological polar surface area (TPSA) is 78.1 Å². The van der Waals surface area contributed by atoms with E-state index in [0.29, 0.717) is 23.2 Å². The van der Waals surface area contributed by atoms with Gasteiger partial charge in [-0.1, -0.05) is 18.2 Å². The van der Waals surface area contributed by atoms with Crippen LogP contribution in [-0.2, 0) is 4.79 Å². The van der Waals surface area contributed by atoms with E-state index in [4.69, 9.17) is 0 Å². The van der Waals surface area contributed by atoms with Gasteiger partial charge in [0, 0.05) is 29.7 Å². The summed E-state index contributed by atoms with van der Waals surface area (Å²) in [5.74, 6) is -0.0875. The highest BCUT2D eigenvalue weighted by molar-refractivity contribution is 6.12. The van der Waals surface area contributed by atoms with Crippen molar-refractivity contribution in [3.05, 3.63) is 54.2 Å². The molecular weight excluding hydrogens is 304 g/mol. The van der Waals surface area contributed by atoms with E-state index < -0.39 is 0 Å². The molecule has 2 N–H and O–H groups in total. The second-order valence-corrected chi connectivity index (χ2v) is 5.79. The zero-order chi connectivity index (χ0) is 16.5. The van der Waals surface area contributed by atoms with Crippen molar-refractivity contribution in [2.75, 3.05) is 16.8 Å². The van der Waals surface area contributed by atoms with E-state index in [1.807, 2.05) is 36.4 Å². The molecular formula is C18H16N4O2. The van der Waals surface area contributed by atoms with Crippen LogP contribution in [0.1, 0.15) is 23.2 Å². The third-order valence-corrected chi connectivity index (χ3v) is 4.21. The van der Waals surface area contributed by atoms with E-state index in [1.165, 1.54) is 0 Å². The van der Waals surface area contributed by atoms with Crippen LogP contribution in [-0.4, -0.2) is 28.6 Å². The number of carbonyl (C=O) groups excluding carboxylic acids is 2. The van der Waals surface area contributed by atoms with E-state index in [1.54, 1.807) is 17.2 Å². The zero-order valence-corrected chi connectivity index (χ0v) is 13.0. The van der Waals surface area contributed by atoms with Gasteiger partial charge in [-0.25, -0.2) is 0 Å². The largest absolute Gasteiger partial charge is 0.322 e. The Hall–Kier alpha value is -3.15. The molecule has 0 radical (unpaired) electrons. The first-order chi connectivity index (χ1) is 11.7. The quantitative estimate of drug-likeness (QED) is 0.779. The molecule has 0 spiro atoms. The summed E-state index contributed by atoms with van der Waals surface area (Å²) < 4.78 is 0. The number of H-pyrrole nitrogens is 1. The SMILES string of the molecule is O=C(Nc1cccc(N2CCCC2=O)c1)c1cccc2cn[nH]c12. The molecule has 6 heteroatoms. The van der Waals surface area contributed by atoms with Crippen molar-refractivity contribution in [3.8, 4) is 0 Å². The van der Waals surface area contributed by atoms with Gasteiger partial charge in [0.1, 0.15) is 0 Å². The Bertz CT molecular complexity index is 931. The molecule has 120 valence electrons. The molecule has 0 bridgehead atoms. The van der Waals surface area contributed by atoms with Crippen LogP contribution >= 0.6 is 0 Å². The standard InChI is InChI=1S/C18H16N4O2/c23-16-8-3-9-22(16)14-6-2-5-13(10-14)20-18(24)15-7-1-4-12-11-19-21-17(12)15/h1-2,4-7,10-11H,3,8-9H2,(H,19,21)(H,20,24). The van der Waals surface area contributed by atoms with Crippen LogP contribution in [0.5, 0.6) is 0 Å². The van der Waals surface area contributed by atoms with Crippen molar-refractivity contribution >= 4 is 34.1 Å². The van der Waals surface area contributed by atoms with Crippen molar-refractivity contribution in [3.63, 3.8) is 0 Å². The Morgan fingerprint density at radius 2 is 2.08 bits per heavy atom. The maximum absolute atomic E-state index is 12.6. The van der Waals surface area contributed by atoms with Crippen LogP contribution in [0.4, 0.5) is 11.4 Å². The minimum absolute atomic E-state index is 0.126. The molecule has 0 unspecified atom stereocenters. The highest BCUT2D eigenvalue weighted by atomic mass is 16.2. The summed E-state index contributed by atoms with van der Waals surface area (Å²) in [5, 5.41) is 10.6. The van der Waals surface area contributed by atoms with Crippen molar-refractivity contribution in [1.82, 2.24) is 10.2 Å². The number of anilines is 2. The van der Waals surface area contributed by atoms with Gasteiger partial charge in [0.25, 0.3) is 5.91 Å². The lowest BCUT2D eigenvalue weighted by Gasteiger charge is -2.16. The van der Waals surface area contributed by atoms with Gasteiger partial charge < -0.3 is 10.2 Å². The molecule has 0 atom stereocenters. The first-order valence-corrected chi connectivity index (χ1v) is 7.86. The van der Waals surface area contributed by atoms with Crippen LogP contribution < -0.4 is 10.2 Å². The van der Waals surface area contributed by atoms with Gasteiger partial charge in [0.2, 0.25) is 5.91 Å². The van der Waals surface area contributed by atoms with E-state index in [2.05, 4.69) is 15.5 Å².